The molecule has 0 atom stereocenters. The van der Waals surface area contributed by atoms with Crippen molar-refractivity contribution in [3.05, 3.63) is 82.3 Å². The first-order valence-corrected chi connectivity index (χ1v) is 7.74. The van der Waals surface area contributed by atoms with Crippen LogP contribution in [0.4, 0.5) is 10.1 Å². The molecule has 0 unspecified atom stereocenters. The van der Waals surface area contributed by atoms with Crippen LogP contribution in [0.3, 0.4) is 0 Å². The summed E-state index contributed by atoms with van der Waals surface area (Å²) in [6.07, 6.45) is 1.66. The largest absolute Gasteiger partial charge is 0.422 e. The lowest BCUT2D eigenvalue weighted by Crippen LogP contribution is -2.06. The monoisotopic (exact) mass is 325 g/mol. The van der Waals surface area contributed by atoms with Crippen LogP contribution in [0.2, 0.25) is 0 Å². The molecule has 0 bridgehead atoms. The van der Waals surface area contributed by atoms with E-state index in [1.54, 1.807) is 54.7 Å². The molecule has 3 aromatic rings. The Labute approximate surface area is 136 Å². The van der Waals surface area contributed by atoms with Gasteiger partial charge in [-0.3, -0.25) is 4.99 Å². The number of benzene rings is 2. The Kier molecular flexibility index (Phi) is 4.59. The number of thiophene rings is 1. The minimum atomic E-state index is -0.368. The number of halogens is 1. The number of hydrogen-bond acceptors (Lipinski definition) is 4. The van der Waals surface area contributed by atoms with E-state index in [2.05, 4.69) is 4.99 Å². The molecule has 0 saturated carbocycles. The number of carbonyl (C=O) groups is 1. The lowest BCUT2D eigenvalue weighted by atomic mass is 10.2. The van der Waals surface area contributed by atoms with Gasteiger partial charge < -0.3 is 4.74 Å². The second kappa shape index (κ2) is 6.98. The van der Waals surface area contributed by atoms with Crippen LogP contribution in [0.25, 0.3) is 0 Å². The van der Waals surface area contributed by atoms with Gasteiger partial charge in [0.2, 0.25) is 0 Å². The molecule has 114 valence electrons. The van der Waals surface area contributed by atoms with E-state index in [-0.39, 0.29) is 11.8 Å². The van der Waals surface area contributed by atoms with Crippen LogP contribution in [0, 0.1) is 5.82 Å². The van der Waals surface area contributed by atoms with Crippen molar-refractivity contribution < 1.29 is 13.9 Å². The van der Waals surface area contributed by atoms with E-state index in [9.17, 15) is 9.18 Å². The number of aliphatic imine (C=N–C) groups is 1. The molecule has 1 aromatic heterocycles. The van der Waals surface area contributed by atoms with Gasteiger partial charge in [0.05, 0.1) is 5.69 Å². The Bertz CT molecular complexity index is 809. The highest BCUT2D eigenvalue weighted by atomic mass is 32.1. The Hall–Kier alpha value is -2.79. The molecule has 2 aromatic carbocycles. The highest BCUT2D eigenvalue weighted by Gasteiger charge is 2.08. The molecule has 0 spiro atoms. The average molecular weight is 325 g/mol. The number of ether oxygens (including phenoxy) is 1. The maximum Gasteiger partial charge on any atom is 0.353 e. The van der Waals surface area contributed by atoms with Crippen molar-refractivity contribution in [3.8, 4) is 5.75 Å². The van der Waals surface area contributed by atoms with Gasteiger partial charge in [0.25, 0.3) is 0 Å². The molecule has 0 aliphatic heterocycles. The Morgan fingerprint density at radius 2 is 1.78 bits per heavy atom. The van der Waals surface area contributed by atoms with Gasteiger partial charge in [-0.05, 0) is 65.5 Å². The smallest absolute Gasteiger partial charge is 0.353 e. The maximum atomic E-state index is 12.8. The van der Waals surface area contributed by atoms with E-state index in [0.717, 1.165) is 5.56 Å². The number of rotatable bonds is 4. The van der Waals surface area contributed by atoms with Crippen LogP contribution in [-0.4, -0.2) is 12.2 Å². The quantitative estimate of drug-likeness (QED) is 0.390. The van der Waals surface area contributed by atoms with E-state index in [0.29, 0.717) is 16.3 Å². The second-order valence-corrected chi connectivity index (χ2v) is 5.62. The van der Waals surface area contributed by atoms with Crippen LogP contribution in [0.1, 0.15) is 15.2 Å². The van der Waals surface area contributed by atoms with Crippen LogP contribution >= 0.6 is 11.3 Å². The van der Waals surface area contributed by atoms with Crippen LogP contribution in [0.5, 0.6) is 5.75 Å². The third-order valence-corrected chi connectivity index (χ3v) is 3.85. The molecular weight excluding hydrogens is 313 g/mol. The minimum Gasteiger partial charge on any atom is -0.422 e. The van der Waals surface area contributed by atoms with E-state index in [4.69, 9.17) is 4.74 Å². The van der Waals surface area contributed by atoms with Gasteiger partial charge in [-0.1, -0.05) is 6.07 Å². The normalized spacial score (nSPS) is 10.8. The van der Waals surface area contributed by atoms with E-state index in [1.165, 1.54) is 23.5 Å². The zero-order valence-electron chi connectivity index (χ0n) is 12.0. The number of carbonyl (C=O) groups excluding carboxylic acids is 1. The molecule has 3 nitrogen and oxygen atoms in total. The first-order valence-electron chi connectivity index (χ1n) is 6.86. The zero-order chi connectivity index (χ0) is 16.1. The molecule has 23 heavy (non-hydrogen) atoms. The van der Waals surface area contributed by atoms with Crippen LogP contribution in [0.15, 0.2) is 71.0 Å². The molecular formula is C18H12FNO2S. The second-order valence-electron chi connectivity index (χ2n) is 4.67. The van der Waals surface area contributed by atoms with Crippen LogP contribution < -0.4 is 4.74 Å². The maximum absolute atomic E-state index is 12.8. The highest BCUT2D eigenvalue weighted by molar-refractivity contribution is 7.12. The van der Waals surface area contributed by atoms with Gasteiger partial charge in [-0.2, -0.15) is 0 Å². The SMILES string of the molecule is O=C(Oc1ccc(C=Nc2ccc(F)cc2)cc1)c1cccs1. The van der Waals surface area contributed by atoms with Gasteiger partial charge in [0.15, 0.2) is 0 Å². The Morgan fingerprint density at radius 3 is 2.43 bits per heavy atom. The Morgan fingerprint density at radius 1 is 1.04 bits per heavy atom. The Balaban J connectivity index is 1.65. The van der Waals surface area contributed by atoms with Crippen molar-refractivity contribution in [2.75, 3.05) is 0 Å². The average Bonchev–Trinajstić information content (AvgIpc) is 3.10. The molecule has 0 amide bonds. The van der Waals surface area contributed by atoms with Gasteiger partial charge in [0.1, 0.15) is 16.4 Å². The van der Waals surface area contributed by atoms with E-state index < -0.39 is 0 Å². The summed E-state index contributed by atoms with van der Waals surface area (Å²) in [7, 11) is 0. The predicted molar refractivity (Wildman–Crippen MR) is 89.4 cm³/mol. The van der Waals surface area contributed by atoms with Crippen molar-refractivity contribution in [2.45, 2.75) is 0 Å². The summed E-state index contributed by atoms with van der Waals surface area (Å²) >= 11 is 1.34. The molecule has 0 fully saturated rings. The van der Waals surface area contributed by atoms with Crippen molar-refractivity contribution in [3.63, 3.8) is 0 Å². The summed E-state index contributed by atoms with van der Waals surface area (Å²) < 4.78 is 18.1. The van der Waals surface area contributed by atoms with Gasteiger partial charge in [0, 0.05) is 6.21 Å². The third kappa shape index (κ3) is 4.11. The van der Waals surface area contributed by atoms with Gasteiger partial charge >= 0.3 is 5.97 Å². The minimum absolute atomic E-state index is 0.291. The van der Waals surface area contributed by atoms with Crippen molar-refractivity contribution in [2.24, 2.45) is 4.99 Å². The highest BCUT2D eigenvalue weighted by Crippen LogP contribution is 2.17. The van der Waals surface area contributed by atoms with Crippen LogP contribution in [-0.2, 0) is 0 Å². The topological polar surface area (TPSA) is 38.7 Å². The molecule has 0 aliphatic rings. The lowest BCUT2D eigenvalue weighted by molar-refractivity contribution is 0.0740. The van der Waals surface area contributed by atoms with E-state index in [1.807, 2.05) is 5.38 Å². The van der Waals surface area contributed by atoms with Crippen molar-refractivity contribution in [1.82, 2.24) is 0 Å². The first kappa shape index (κ1) is 15.1. The number of hydrogen-bond donors (Lipinski definition) is 0. The number of nitrogens with zero attached hydrogens (tertiary/aromatic N) is 1. The molecule has 0 radical (unpaired) electrons. The fraction of sp³-hybridized carbons (Fsp3) is 0. The summed E-state index contributed by atoms with van der Waals surface area (Å²) in [6, 6.07) is 16.4. The standard InChI is InChI=1S/C18H12FNO2S/c19-14-5-7-15(8-6-14)20-12-13-3-9-16(10-4-13)22-18(21)17-2-1-11-23-17/h1-12H. The summed E-state index contributed by atoms with van der Waals surface area (Å²) in [5, 5.41) is 1.83. The first-order chi connectivity index (χ1) is 11.2. The molecule has 5 heteroatoms. The molecule has 1 heterocycles. The fourth-order valence-corrected chi connectivity index (χ4v) is 2.45. The van der Waals surface area contributed by atoms with E-state index >= 15 is 0 Å². The molecule has 3 rings (SSSR count). The van der Waals surface area contributed by atoms with Gasteiger partial charge in [-0.25, -0.2) is 9.18 Å². The molecule has 0 aliphatic carbocycles. The number of esters is 1. The summed E-state index contributed by atoms with van der Waals surface area (Å²) in [6.45, 7) is 0. The lowest BCUT2D eigenvalue weighted by Gasteiger charge is -2.02. The van der Waals surface area contributed by atoms with Gasteiger partial charge in [-0.15, -0.1) is 11.3 Å². The molecule has 0 N–H and O–H groups in total. The molecule has 0 saturated heterocycles. The third-order valence-electron chi connectivity index (χ3n) is 3.00. The summed E-state index contributed by atoms with van der Waals surface area (Å²) in [5.74, 6) is -0.184. The van der Waals surface area contributed by atoms with Crippen molar-refractivity contribution in [1.29, 1.82) is 0 Å². The van der Waals surface area contributed by atoms with Crippen molar-refractivity contribution >= 4 is 29.2 Å². The summed E-state index contributed by atoms with van der Waals surface area (Å²) in [5.41, 5.74) is 1.52. The predicted octanol–water partition coefficient (Wildman–Crippen LogP) is 4.86. The fourth-order valence-electron chi connectivity index (χ4n) is 1.85. The summed E-state index contributed by atoms with van der Waals surface area (Å²) in [4.78, 5) is 16.6. The zero-order valence-corrected chi connectivity index (χ0v) is 12.8.